The van der Waals surface area contributed by atoms with Gasteiger partial charge < -0.3 is 24.6 Å². The van der Waals surface area contributed by atoms with Gasteiger partial charge in [0.15, 0.2) is 0 Å². The monoisotopic (exact) mass is 395 g/mol. The van der Waals surface area contributed by atoms with Crippen LogP contribution in [0.2, 0.25) is 0 Å². The molecule has 0 saturated heterocycles. The average Bonchev–Trinajstić information content (AvgIpc) is 2.48. The summed E-state index contributed by atoms with van der Waals surface area (Å²) in [5, 5.41) is 11.7. The second kappa shape index (κ2) is 8.95. The Bertz CT molecular complexity index is 716. The predicted molar refractivity (Wildman–Crippen MR) is 103 cm³/mol. The summed E-state index contributed by atoms with van der Waals surface area (Å²) in [5.74, 6) is -1.65. The van der Waals surface area contributed by atoms with Crippen LogP contribution in [0.5, 0.6) is 11.5 Å². The standard InChI is InChI=1S/C20H29NO7/c1-12(21-18(25)28-20(5,6)7)15(22)16(17(23)24)26-13-9-8-10-14(11-13)27-19(2,3)4/h8-12,16H,1-7H3,(H,21,25)(H,23,24). The molecule has 8 nitrogen and oxygen atoms in total. The maximum Gasteiger partial charge on any atom is 0.408 e. The molecule has 2 unspecified atom stereocenters. The topological polar surface area (TPSA) is 111 Å². The van der Waals surface area contributed by atoms with Crippen molar-refractivity contribution in [2.75, 3.05) is 0 Å². The van der Waals surface area contributed by atoms with Crippen LogP contribution in [0, 0.1) is 0 Å². The minimum atomic E-state index is -1.80. The van der Waals surface area contributed by atoms with E-state index in [4.69, 9.17) is 14.2 Å². The number of nitrogens with one attached hydrogen (secondary N) is 1. The lowest BCUT2D eigenvalue weighted by atomic mass is 10.1. The third-order valence-corrected chi connectivity index (χ3v) is 3.13. The van der Waals surface area contributed by atoms with Gasteiger partial charge in [0.2, 0.25) is 5.78 Å². The van der Waals surface area contributed by atoms with E-state index in [0.717, 1.165) is 0 Å². The number of carbonyl (C=O) groups is 3. The van der Waals surface area contributed by atoms with Crippen LogP contribution >= 0.6 is 0 Å². The van der Waals surface area contributed by atoms with E-state index < -0.39 is 41.2 Å². The summed E-state index contributed by atoms with van der Waals surface area (Å²) in [4.78, 5) is 35.9. The molecule has 0 bridgehead atoms. The Balaban J connectivity index is 2.88. The zero-order valence-electron chi connectivity index (χ0n) is 17.4. The Kier molecular flexibility index (Phi) is 7.43. The number of alkyl carbamates (subject to hydrolysis) is 1. The molecule has 1 rings (SSSR count). The lowest BCUT2D eigenvalue weighted by Gasteiger charge is -2.23. The van der Waals surface area contributed by atoms with Crippen molar-refractivity contribution in [3.8, 4) is 11.5 Å². The molecule has 28 heavy (non-hydrogen) atoms. The van der Waals surface area contributed by atoms with Crippen LogP contribution in [0.15, 0.2) is 24.3 Å². The fraction of sp³-hybridized carbons (Fsp3) is 0.550. The number of ether oxygens (including phenoxy) is 3. The summed E-state index contributed by atoms with van der Waals surface area (Å²) in [7, 11) is 0. The van der Waals surface area contributed by atoms with Crippen LogP contribution in [-0.2, 0) is 14.3 Å². The predicted octanol–water partition coefficient (Wildman–Crippen LogP) is 3.18. The van der Waals surface area contributed by atoms with E-state index in [1.54, 1.807) is 32.9 Å². The van der Waals surface area contributed by atoms with E-state index in [1.807, 2.05) is 20.8 Å². The van der Waals surface area contributed by atoms with Crippen molar-refractivity contribution in [1.82, 2.24) is 5.32 Å². The Morgan fingerprint density at radius 3 is 2.07 bits per heavy atom. The molecule has 2 atom stereocenters. The first-order valence-electron chi connectivity index (χ1n) is 8.90. The maximum absolute atomic E-state index is 12.5. The van der Waals surface area contributed by atoms with E-state index >= 15 is 0 Å². The number of aliphatic carboxylic acids is 1. The molecule has 1 amide bonds. The minimum Gasteiger partial charge on any atom is -0.488 e. The second-order valence-electron chi connectivity index (χ2n) is 8.30. The largest absolute Gasteiger partial charge is 0.488 e. The molecule has 0 radical (unpaired) electrons. The summed E-state index contributed by atoms with van der Waals surface area (Å²) in [6.07, 6.45) is -2.62. The highest BCUT2D eigenvalue weighted by Crippen LogP contribution is 2.24. The highest BCUT2D eigenvalue weighted by molar-refractivity contribution is 6.04. The molecular formula is C20H29NO7. The number of carbonyl (C=O) groups excluding carboxylic acids is 2. The molecule has 8 heteroatoms. The fourth-order valence-electron chi connectivity index (χ4n) is 2.11. The van der Waals surface area contributed by atoms with Gasteiger partial charge in [-0.3, -0.25) is 4.79 Å². The van der Waals surface area contributed by atoms with Gasteiger partial charge in [-0.25, -0.2) is 9.59 Å². The summed E-state index contributed by atoms with van der Waals surface area (Å²) < 4.78 is 16.2. The van der Waals surface area contributed by atoms with Crippen LogP contribution < -0.4 is 14.8 Å². The first kappa shape index (κ1) is 23.3. The lowest BCUT2D eigenvalue weighted by molar-refractivity contribution is -0.151. The Hall–Kier alpha value is -2.77. The second-order valence-corrected chi connectivity index (χ2v) is 8.30. The van der Waals surface area contributed by atoms with Crippen LogP contribution in [0.25, 0.3) is 0 Å². The van der Waals surface area contributed by atoms with Crippen molar-refractivity contribution < 1.29 is 33.7 Å². The summed E-state index contributed by atoms with van der Waals surface area (Å²) >= 11 is 0. The first-order valence-corrected chi connectivity index (χ1v) is 8.90. The molecule has 0 aliphatic rings. The van der Waals surface area contributed by atoms with Crippen LogP contribution in [0.4, 0.5) is 4.79 Å². The number of benzene rings is 1. The van der Waals surface area contributed by atoms with Gasteiger partial charge >= 0.3 is 12.1 Å². The smallest absolute Gasteiger partial charge is 0.408 e. The molecule has 0 aromatic heterocycles. The highest BCUT2D eigenvalue weighted by Gasteiger charge is 2.34. The van der Waals surface area contributed by atoms with E-state index in [2.05, 4.69) is 5.32 Å². The Labute approximate surface area is 165 Å². The number of carboxylic acids is 1. The van der Waals surface area contributed by atoms with Crippen LogP contribution in [-0.4, -0.2) is 46.3 Å². The van der Waals surface area contributed by atoms with E-state index in [1.165, 1.54) is 19.1 Å². The van der Waals surface area contributed by atoms with Crippen LogP contribution in [0.3, 0.4) is 0 Å². The molecule has 0 fully saturated rings. The SMILES string of the molecule is CC(NC(=O)OC(C)(C)C)C(=O)C(Oc1cccc(OC(C)(C)C)c1)C(=O)O. The van der Waals surface area contributed by atoms with Gasteiger partial charge in [-0.15, -0.1) is 0 Å². The number of rotatable bonds is 7. The van der Waals surface area contributed by atoms with Gasteiger partial charge in [-0.05, 0) is 60.6 Å². The van der Waals surface area contributed by atoms with E-state index in [-0.39, 0.29) is 5.75 Å². The van der Waals surface area contributed by atoms with Crippen molar-refractivity contribution in [3.05, 3.63) is 24.3 Å². The molecule has 2 N–H and O–H groups in total. The van der Waals surface area contributed by atoms with Gasteiger partial charge in [-0.1, -0.05) is 6.07 Å². The molecular weight excluding hydrogens is 366 g/mol. The molecule has 156 valence electrons. The van der Waals surface area contributed by atoms with Gasteiger partial charge in [0.1, 0.15) is 22.7 Å². The molecule has 1 aromatic carbocycles. The molecule has 1 aromatic rings. The lowest BCUT2D eigenvalue weighted by Crippen LogP contribution is -2.49. The Morgan fingerprint density at radius 1 is 1.00 bits per heavy atom. The highest BCUT2D eigenvalue weighted by atomic mass is 16.6. The average molecular weight is 395 g/mol. The third kappa shape index (κ3) is 8.28. The fourth-order valence-corrected chi connectivity index (χ4v) is 2.11. The first-order chi connectivity index (χ1) is 12.7. The summed E-state index contributed by atoms with van der Waals surface area (Å²) in [6, 6.07) is 5.22. The van der Waals surface area contributed by atoms with Crippen molar-refractivity contribution in [3.63, 3.8) is 0 Å². The maximum atomic E-state index is 12.5. The van der Waals surface area contributed by atoms with Gasteiger partial charge in [-0.2, -0.15) is 0 Å². The Morgan fingerprint density at radius 2 is 1.57 bits per heavy atom. The van der Waals surface area contributed by atoms with Crippen molar-refractivity contribution in [2.24, 2.45) is 0 Å². The van der Waals surface area contributed by atoms with Crippen molar-refractivity contribution >= 4 is 17.8 Å². The zero-order valence-corrected chi connectivity index (χ0v) is 17.4. The van der Waals surface area contributed by atoms with E-state index in [9.17, 15) is 19.5 Å². The van der Waals surface area contributed by atoms with Gasteiger partial charge in [0, 0.05) is 6.07 Å². The number of amides is 1. The number of hydrogen-bond acceptors (Lipinski definition) is 6. The molecule has 0 aliphatic carbocycles. The molecule has 0 spiro atoms. The van der Waals surface area contributed by atoms with Crippen molar-refractivity contribution in [2.45, 2.75) is 71.8 Å². The molecule has 0 heterocycles. The van der Waals surface area contributed by atoms with Gasteiger partial charge in [0.25, 0.3) is 6.10 Å². The molecule has 0 aliphatic heterocycles. The third-order valence-electron chi connectivity index (χ3n) is 3.13. The zero-order chi connectivity index (χ0) is 21.7. The summed E-state index contributed by atoms with van der Waals surface area (Å²) in [5.41, 5.74) is -1.20. The number of hydrogen-bond donors (Lipinski definition) is 2. The number of carboxylic acid groups (broad SMARTS) is 1. The molecule has 0 saturated carbocycles. The summed E-state index contributed by atoms with van der Waals surface area (Å²) in [6.45, 7) is 12.0. The minimum absolute atomic E-state index is 0.159. The quantitative estimate of drug-likeness (QED) is 0.682. The van der Waals surface area contributed by atoms with E-state index in [0.29, 0.717) is 5.75 Å². The number of Topliss-reactive ketones (excluding diaryl/α,β-unsaturated/α-hetero) is 1. The van der Waals surface area contributed by atoms with Gasteiger partial charge in [0.05, 0.1) is 6.04 Å². The van der Waals surface area contributed by atoms with Crippen LogP contribution in [0.1, 0.15) is 48.5 Å². The van der Waals surface area contributed by atoms with Crippen molar-refractivity contribution in [1.29, 1.82) is 0 Å². The normalized spacial score (nSPS) is 13.8. The number of ketones is 1.